The van der Waals surface area contributed by atoms with Crippen LogP contribution in [0.2, 0.25) is 0 Å². The van der Waals surface area contributed by atoms with Gasteiger partial charge in [-0.05, 0) is 32.6 Å². The van der Waals surface area contributed by atoms with Crippen LogP contribution in [0.3, 0.4) is 0 Å². The van der Waals surface area contributed by atoms with E-state index >= 15 is 0 Å². The first-order chi connectivity index (χ1) is 6.65. The molecule has 1 aliphatic heterocycles. The zero-order valence-corrected chi connectivity index (χ0v) is 9.12. The summed E-state index contributed by atoms with van der Waals surface area (Å²) < 4.78 is 0. The van der Waals surface area contributed by atoms with Crippen LogP contribution in [-0.4, -0.2) is 36.0 Å². The van der Waals surface area contributed by atoms with Crippen molar-refractivity contribution >= 4 is 5.91 Å². The summed E-state index contributed by atoms with van der Waals surface area (Å²) in [5.74, 6) is 0.970. The Kier molecular flexibility index (Phi) is 2.77. The lowest BCUT2D eigenvalue weighted by atomic mass is 10.1. The fraction of sp³-hybridized carbons (Fsp3) is 0.909. The molecule has 1 saturated heterocycles. The summed E-state index contributed by atoms with van der Waals surface area (Å²) in [5.41, 5.74) is 0. The maximum Gasteiger partial charge on any atom is 0.220 e. The molecule has 1 heterocycles. The molecule has 0 aromatic carbocycles. The lowest BCUT2D eigenvalue weighted by Crippen LogP contribution is -2.61. The van der Waals surface area contributed by atoms with Gasteiger partial charge in [-0.2, -0.15) is 0 Å². The highest BCUT2D eigenvalue weighted by atomic mass is 16.1. The highest BCUT2D eigenvalue weighted by Crippen LogP contribution is 2.32. The molecule has 3 heteroatoms. The molecule has 0 radical (unpaired) electrons. The first kappa shape index (κ1) is 9.97. The van der Waals surface area contributed by atoms with Gasteiger partial charge in [-0.1, -0.05) is 0 Å². The predicted octanol–water partition coefficient (Wildman–Crippen LogP) is 0.995. The lowest BCUT2D eigenvalue weighted by molar-refractivity contribution is -0.123. The molecule has 14 heavy (non-hydrogen) atoms. The minimum Gasteiger partial charge on any atom is -0.351 e. The van der Waals surface area contributed by atoms with Crippen molar-refractivity contribution in [1.82, 2.24) is 10.2 Å². The Morgan fingerprint density at radius 1 is 1.43 bits per heavy atom. The highest BCUT2D eigenvalue weighted by Gasteiger charge is 2.31. The van der Waals surface area contributed by atoms with Crippen LogP contribution in [0.5, 0.6) is 0 Å². The Hall–Kier alpha value is -0.570. The summed E-state index contributed by atoms with van der Waals surface area (Å²) in [7, 11) is 0. The van der Waals surface area contributed by atoms with E-state index in [2.05, 4.69) is 24.1 Å². The second-order valence-corrected chi connectivity index (χ2v) is 4.96. The molecule has 2 fully saturated rings. The highest BCUT2D eigenvalue weighted by molar-refractivity contribution is 5.77. The fourth-order valence-electron chi connectivity index (χ4n) is 1.90. The van der Waals surface area contributed by atoms with E-state index in [4.69, 9.17) is 0 Å². The van der Waals surface area contributed by atoms with E-state index in [1.54, 1.807) is 0 Å². The molecule has 0 aromatic rings. The SMILES string of the molecule is CC(C)N1CC(NC(=O)CC2CC2)C1. The van der Waals surface area contributed by atoms with E-state index in [-0.39, 0.29) is 5.91 Å². The van der Waals surface area contributed by atoms with Gasteiger partial charge in [-0.25, -0.2) is 0 Å². The van der Waals surface area contributed by atoms with E-state index in [0.717, 1.165) is 19.5 Å². The molecule has 1 saturated carbocycles. The minimum atomic E-state index is 0.265. The van der Waals surface area contributed by atoms with Gasteiger partial charge in [-0.3, -0.25) is 9.69 Å². The van der Waals surface area contributed by atoms with Crippen molar-refractivity contribution in [3.63, 3.8) is 0 Å². The van der Waals surface area contributed by atoms with Gasteiger partial charge in [-0.15, -0.1) is 0 Å². The number of amides is 1. The molecule has 2 aliphatic rings. The molecule has 0 bridgehead atoms. The molecular weight excluding hydrogens is 176 g/mol. The molecule has 80 valence electrons. The molecule has 0 spiro atoms. The normalized spacial score (nSPS) is 23.6. The second kappa shape index (κ2) is 3.89. The quantitative estimate of drug-likeness (QED) is 0.727. The predicted molar refractivity (Wildman–Crippen MR) is 56.0 cm³/mol. The molecule has 1 aliphatic carbocycles. The molecular formula is C11H20N2O. The van der Waals surface area contributed by atoms with Crippen molar-refractivity contribution in [3.8, 4) is 0 Å². The number of hydrogen-bond donors (Lipinski definition) is 1. The second-order valence-electron chi connectivity index (χ2n) is 4.96. The fourth-order valence-corrected chi connectivity index (χ4v) is 1.90. The third kappa shape index (κ3) is 2.47. The van der Waals surface area contributed by atoms with Crippen molar-refractivity contribution < 1.29 is 4.79 Å². The van der Waals surface area contributed by atoms with Crippen LogP contribution >= 0.6 is 0 Å². The van der Waals surface area contributed by atoms with Crippen LogP contribution in [0.15, 0.2) is 0 Å². The standard InChI is InChI=1S/C11H20N2O/c1-8(2)13-6-10(7-13)12-11(14)5-9-3-4-9/h8-10H,3-7H2,1-2H3,(H,12,14). The lowest BCUT2D eigenvalue weighted by Gasteiger charge is -2.42. The summed E-state index contributed by atoms with van der Waals surface area (Å²) in [6, 6.07) is 1.04. The first-order valence-electron chi connectivity index (χ1n) is 5.68. The van der Waals surface area contributed by atoms with E-state index in [1.807, 2.05) is 0 Å². The van der Waals surface area contributed by atoms with Crippen LogP contribution in [0.4, 0.5) is 0 Å². The minimum absolute atomic E-state index is 0.265. The molecule has 0 aromatic heterocycles. The average Bonchev–Trinajstić information content (AvgIpc) is 2.78. The van der Waals surface area contributed by atoms with Crippen molar-refractivity contribution in [2.45, 2.75) is 45.2 Å². The summed E-state index contributed by atoms with van der Waals surface area (Å²) in [6.45, 7) is 6.46. The number of nitrogens with one attached hydrogen (secondary N) is 1. The number of carbonyl (C=O) groups excluding carboxylic acids is 1. The molecule has 3 nitrogen and oxygen atoms in total. The Bertz CT molecular complexity index is 217. The van der Waals surface area contributed by atoms with Crippen LogP contribution in [0.1, 0.15) is 33.1 Å². The number of rotatable bonds is 4. The zero-order chi connectivity index (χ0) is 10.1. The largest absolute Gasteiger partial charge is 0.351 e. The topological polar surface area (TPSA) is 32.3 Å². The summed E-state index contributed by atoms with van der Waals surface area (Å²) >= 11 is 0. The van der Waals surface area contributed by atoms with Crippen LogP contribution < -0.4 is 5.32 Å². The average molecular weight is 196 g/mol. The number of hydrogen-bond acceptors (Lipinski definition) is 2. The van der Waals surface area contributed by atoms with E-state index in [0.29, 0.717) is 18.0 Å². The van der Waals surface area contributed by atoms with E-state index in [9.17, 15) is 4.79 Å². The monoisotopic (exact) mass is 196 g/mol. The summed E-state index contributed by atoms with van der Waals surface area (Å²) in [5, 5.41) is 3.09. The smallest absolute Gasteiger partial charge is 0.220 e. The van der Waals surface area contributed by atoms with Gasteiger partial charge < -0.3 is 5.32 Å². The third-order valence-corrected chi connectivity index (χ3v) is 3.18. The van der Waals surface area contributed by atoms with Gasteiger partial charge in [0.2, 0.25) is 5.91 Å². The molecule has 0 atom stereocenters. The van der Waals surface area contributed by atoms with Gasteiger partial charge >= 0.3 is 0 Å². The molecule has 2 rings (SSSR count). The molecule has 1 N–H and O–H groups in total. The Morgan fingerprint density at radius 3 is 2.57 bits per heavy atom. The summed E-state index contributed by atoms with van der Waals surface area (Å²) in [4.78, 5) is 13.8. The van der Waals surface area contributed by atoms with Crippen LogP contribution in [0, 0.1) is 5.92 Å². The van der Waals surface area contributed by atoms with Gasteiger partial charge in [0.15, 0.2) is 0 Å². The Morgan fingerprint density at radius 2 is 2.07 bits per heavy atom. The molecule has 1 amide bonds. The van der Waals surface area contributed by atoms with Crippen molar-refractivity contribution in [2.24, 2.45) is 5.92 Å². The van der Waals surface area contributed by atoms with Gasteiger partial charge in [0.25, 0.3) is 0 Å². The Labute approximate surface area is 85.8 Å². The van der Waals surface area contributed by atoms with E-state index < -0.39 is 0 Å². The van der Waals surface area contributed by atoms with Crippen LogP contribution in [-0.2, 0) is 4.79 Å². The molecule has 0 unspecified atom stereocenters. The maximum absolute atomic E-state index is 11.4. The Balaban J connectivity index is 1.60. The number of nitrogens with zero attached hydrogens (tertiary/aromatic N) is 1. The van der Waals surface area contributed by atoms with E-state index in [1.165, 1.54) is 12.8 Å². The third-order valence-electron chi connectivity index (χ3n) is 3.18. The zero-order valence-electron chi connectivity index (χ0n) is 9.12. The number of carbonyl (C=O) groups is 1. The van der Waals surface area contributed by atoms with Gasteiger partial charge in [0.05, 0.1) is 6.04 Å². The van der Waals surface area contributed by atoms with Crippen molar-refractivity contribution in [2.75, 3.05) is 13.1 Å². The number of likely N-dealkylation sites (tertiary alicyclic amines) is 1. The van der Waals surface area contributed by atoms with Crippen LogP contribution in [0.25, 0.3) is 0 Å². The van der Waals surface area contributed by atoms with Crippen molar-refractivity contribution in [3.05, 3.63) is 0 Å². The maximum atomic E-state index is 11.4. The summed E-state index contributed by atoms with van der Waals surface area (Å²) in [6.07, 6.45) is 3.28. The van der Waals surface area contributed by atoms with Gasteiger partial charge in [0.1, 0.15) is 0 Å². The van der Waals surface area contributed by atoms with Crippen molar-refractivity contribution in [1.29, 1.82) is 0 Å². The van der Waals surface area contributed by atoms with Gasteiger partial charge in [0, 0.05) is 25.6 Å². The first-order valence-corrected chi connectivity index (χ1v) is 5.68.